The number of ketones is 1. The summed E-state index contributed by atoms with van der Waals surface area (Å²) >= 11 is 0. The van der Waals surface area contributed by atoms with Crippen molar-refractivity contribution in [3.63, 3.8) is 0 Å². The summed E-state index contributed by atoms with van der Waals surface area (Å²) in [6, 6.07) is 11.8. The number of alkyl halides is 1. The minimum absolute atomic E-state index is 0.128. The maximum absolute atomic E-state index is 12.6. The van der Waals surface area contributed by atoms with Crippen LogP contribution in [-0.2, 0) is 6.54 Å². The van der Waals surface area contributed by atoms with Gasteiger partial charge in [0.1, 0.15) is 5.75 Å². The van der Waals surface area contributed by atoms with Crippen LogP contribution in [0, 0.1) is 0 Å². The minimum Gasteiger partial charge on any atom is -0.492 e. The van der Waals surface area contributed by atoms with Gasteiger partial charge in [0.25, 0.3) is 0 Å². The van der Waals surface area contributed by atoms with Crippen LogP contribution in [0.3, 0.4) is 0 Å². The number of benzene rings is 2. The van der Waals surface area contributed by atoms with Gasteiger partial charge in [-0.3, -0.25) is 9.18 Å². The second-order valence-electron chi connectivity index (χ2n) is 5.57. The molecule has 0 amide bonds. The Bertz CT molecular complexity index is 882. The fourth-order valence-corrected chi connectivity index (χ4v) is 3.32. The Morgan fingerprint density at radius 3 is 2.86 bits per heavy atom. The van der Waals surface area contributed by atoms with E-state index in [9.17, 15) is 9.18 Å². The average Bonchev–Trinajstić information content (AvgIpc) is 2.87. The molecule has 112 valence electrons. The molecule has 0 spiro atoms. The lowest BCUT2D eigenvalue weighted by atomic mass is 10.0. The van der Waals surface area contributed by atoms with E-state index in [0.29, 0.717) is 37.3 Å². The average molecular weight is 297 g/mol. The Labute approximate surface area is 127 Å². The van der Waals surface area contributed by atoms with Gasteiger partial charge in [-0.2, -0.15) is 0 Å². The normalized spacial score (nSPS) is 14.3. The van der Waals surface area contributed by atoms with Gasteiger partial charge in [0, 0.05) is 23.9 Å². The van der Waals surface area contributed by atoms with Crippen molar-refractivity contribution in [1.29, 1.82) is 0 Å². The van der Waals surface area contributed by atoms with Crippen LogP contribution in [0.1, 0.15) is 23.2 Å². The number of rotatable bonds is 3. The van der Waals surface area contributed by atoms with Crippen LogP contribution >= 0.6 is 0 Å². The summed E-state index contributed by atoms with van der Waals surface area (Å²) in [4.78, 5) is 12.1. The number of aromatic nitrogens is 1. The first-order chi connectivity index (χ1) is 10.8. The Kier molecular flexibility index (Phi) is 3.10. The molecule has 0 saturated heterocycles. The van der Waals surface area contributed by atoms with Crippen LogP contribution in [0.2, 0.25) is 0 Å². The number of carbonyl (C=O) groups is 1. The first-order valence-electron chi connectivity index (χ1n) is 7.57. The van der Waals surface area contributed by atoms with Gasteiger partial charge in [-0.05, 0) is 24.6 Å². The maximum atomic E-state index is 12.6. The molecule has 0 aliphatic carbocycles. The molecular formula is C18H16FNO2. The highest BCUT2D eigenvalue weighted by atomic mass is 19.1. The van der Waals surface area contributed by atoms with Gasteiger partial charge < -0.3 is 9.30 Å². The van der Waals surface area contributed by atoms with Crippen molar-refractivity contribution < 1.29 is 13.9 Å². The van der Waals surface area contributed by atoms with Crippen LogP contribution in [0.25, 0.3) is 21.8 Å². The molecule has 0 saturated carbocycles. The summed E-state index contributed by atoms with van der Waals surface area (Å²) in [6.45, 7) is 0.704. The minimum atomic E-state index is -0.339. The largest absolute Gasteiger partial charge is 0.492 e. The third-order valence-electron chi connectivity index (χ3n) is 4.28. The molecule has 1 aromatic heterocycles. The Morgan fingerprint density at radius 2 is 2.00 bits per heavy atom. The van der Waals surface area contributed by atoms with Crippen molar-refractivity contribution in [2.75, 3.05) is 13.3 Å². The quantitative estimate of drug-likeness (QED) is 0.728. The summed E-state index contributed by atoms with van der Waals surface area (Å²) in [7, 11) is 0. The second-order valence-corrected chi connectivity index (χ2v) is 5.57. The molecule has 0 atom stereocenters. The lowest BCUT2D eigenvalue weighted by Gasteiger charge is -2.17. The van der Waals surface area contributed by atoms with E-state index in [1.54, 1.807) is 0 Å². The zero-order valence-corrected chi connectivity index (χ0v) is 12.1. The summed E-state index contributed by atoms with van der Waals surface area (Å²) in [5.41, 5.74) is 2.72. The van der Waals surface area contributed by atoms with Crippen molar-refractivity contribution in [2.24, 2.45) is 0 Å². The topological polar surface area (TPSA) is 31.2 Å². The van der Waals surface area contributed by atoms with Crippen LogP contribution in [-0.4, -0.2) is 23.6 Å². The molecule has 0 N–H and O–H groups in total. The van der Waals surface area contributed by atoms with Crippen LogP contribution in [0.5, 0.6) is 5.75 Å². The summed E-state index contributed by atoms with van der Waals surface area (Å²) < 4.78 is 20.6. The first-order valence-corrected chi connectivity index (χ1v) is 7.57. The maximum Gasteiger partial charge on any atom is 0.170 e. The van der Waals surface area contributed by atoms with E-state index in [1.165, 1.54) is 0 Å². The van der Waals surface area contributed by atoms with Gasteiger partial charge in [0.05, 0.1) is 29.7 Å². The number of para-hydroxylation sites is 1. The lowest BCUT2D eigenvalue weighted by molar-refractivity contribution is 0.0935. The highest BCUT2D eigenvalue weighted by Crippen LogP contribution is 2.40. The zero-order valence-electron chi connectivity index (χ0n) is 12.1. The van der Waals surface area contributed by atoms with Crippen molar-refractivity contribution >= 4 is 27.6 Å². The highest BCUT2D eigenvalue weighted by Gasteiger charge is 2.24. The van der Waals surface area contributed by atoms with Crippen molar-refractivity contribution in [1.82, 2.24) is 4.57 Å². The number of carbonyl (C=O) groups excluding carboxylic acids is 1. The monoisotopic (exact) mass is 297 g/mol. The second kappa shape index (κ2) is 5.13. The number of halogens is 1. The van der Waals surface area contributed by atoms with Gasteiger partial charge in [0.15, 0.2) is 5.78 Å². The third-order valence-corrected chi connectivity index (χ3v) is 4.28. The van der Waals surface area contributed by atoms with Crippen molar-refractivity contribution in [2.45, 2.75) is 19.4 Å². The summed E-state index contributed by atoms with van der Waals surface area (Å²) in [6.07, 6.45) is 0.906. The summed E-state index contributed by atoms with van der Waals surface area (Å²) in [5.74, 6) is 0.813. The van der Waals surface area contributed by atoms with E-state index in [2.05, 4.69) is 4.57 Å². The van der Waals surface area contributed by atoms with Gasteiger partial charge >= 0.3 is 0 Å². The number of nitrogens with zero attached hydrogens (tertiary/aromatic N) is 1. The number of hydrogen-bond acceptors (Lipinski definition) is 2. The molecule has 1 aliphatic heterocycles. The lowest BCUT2D eigenvalue weighted by Crippen LogP contribution is -2.15. The molecule has 0 radical (unpaired) electrons. The fraction of sp³-hybridized carbons (Fsp3) is 0.278. The molecule has 3 aromatic rings. The molecule has 0 unspecified atom stereocenters. The number of ether oxygens (including phenoxy) is 1. The molecular weight excluding hydrogens is 281 g/mol. The molecule has 4 heteroatoms. The smallest absolute Gasteiger partial charge is 0.170 e. The predicted octanol–water partition coefficient (Wildman–Crippen LogP) is 4.12. The zero-order chi connectivity index (χ0) is 15.1. The van der Waals surface area contributed by atoms with Gasteiger partial charge in [-0.15, -0.1) is 0 Å². The van der Waals surface area contributed by atoms with Gasteiger partial charge in [-0.1, -0.05) is 18.2 Å². The van der Waals surface area contributed by atoms with Crippen LogP contribution < -0.4 is 4.74 Å². The third kappa shape index (κ3) is 1.83. The molecule has 3 nitrogen and oxygen atoms in total. The number of fused-ring (bicyclic) bond motifs is 5. The Balaban J connectivity index is 2.09. The van der Waals surface area contributed by atoms with E-state index >= 15 is 0 Å². The van der Waals surface area contributed by atoms with Gasteiger partial charge in [-0.25, -0.2) is 0 Å². The standard InChI is InChI=1S/C18H16FNO2/c19-9-3-10-20-14-5-2-1-4-12(14)17-15(20)7-6-13-16(21)8-11-22-18(13)17/h1-2,4-7H,3,8-11H2. The van der Waals surface area contributed by atoms with Crippen molar-refractivity contribution in [3.8, 4) is 5.75 Å². The molecule has 22 heavy (non-hydrogen) atoms. The van der Waals surface area contributed by atoms with E-state index in [1.807, 2.05) is 36.4 Å². The molecule has 0 fully saturated rings. The van der Waals surface area contributed by atoms with Crippen molar-refractivity contribution in [3.05, 3.63) is 42.0 Å². The number of hydrogen-bond donors (Lipinski definition) is 0. The van der Waals surface area contributed by atoms with E-state index < -0.39 is 0 Å². The van der Waals surface area contributed by atoms with E-state index in [0.717, 1.165) is 21.8 Å². The number of Topliss-reactive ketones (excluding diaryl/α,β-unsaturated/α-hetero) is 1. The Hall–Kier alpha value is -2.36. The van der Waals surface area contributed by atoms with Gasteiger partial charge in [0.2, 0.25) is 0 Å². The molecule has 1 aliphatic rings. The predicted molar refractivity (Wildman–Crippen MR) is 84.5 cm³/mol. The van der Waals surface area contributed by atoms with Crippen LogP contribution in [0.15, 0.2) is 36.4 Å². The Morgan fingerprint density at radius 1 is 1.14 bits per heavy atom. The molecule has 4 rings (SSSR count). The van der Waals surface area contributed by atoms with E-state index in [-0.39, 0.29) is 12.5 Å². The highest BCUT2D eigenvalue weighted by molar-refractivity contribution is 6.15. The first kappa shape index (κ1) is 13.3. The summed E-state index contributed by atoms with van der Waals surface area (Å²) in [5, 5.41) is 2.03. The fourth-order valence-electron chi connectivity index (χ4n) is 3.32. The molecule has 0 bridgehead atoms. The molecule has 2 aromatic carbocycles. The number of aryl methyl sites for hydroxylation is 1. The van der Waals surface area contributed by atoms with E-state index in [4.69, 9.17) is 4.74 Å². The van der Waals surface area contributed by atoms with Crippen LogP contribution in [0.4, 0.5) is 4.39 Å². The SMILES string of the molecule is O=C1CCOc2c1ccc1c2c2ccccc2n1CCCF. The molecule has 2 heterocycles.